The molecule has 1 aromatic carbocycles. The summed E-state index contributed by atoms with van der Waals surface area (Å²) in [5.41, 5.74) is 7.25. The Kier molecular flexibility index (Phi) is 32.5. The van der Waals surface area contributed by atoms with Gasteiger partial charge in [0.2, 0.25) is 5.91 Å². The molecule has 0 saturated heterocycles. The third-order valence-electron chi connectivity index (χ3n) is 9.00. The molecule has 0 aliphatic carbocycles. The number of ether oxygens (including phenoxy) is 4. The fourth-order valence-corrected chi connectivity index (χ4v) is 6.75. The molecular formula is C42H74N2O8S. The highest BCUT2D eigenvalue weighted by Gasteiger charge is 2.20. The average Bonchev–Trinajstić information content (AvgIpc) is 3.16. The highest BCUT2D eigenvalue weighted by Crippen LogP contribution is 2.15. The normalized spacial score (nSPS) is 12.3. The maximum absolute atomic E-state index is 12.7. The maximum Gasteiger partial charge on any atom is 0.306 e. The molecule has 11 heteroatoms. The van der Waals surface area contributed by atoms with E-state index in [0.717, 1.165) is 49.8 Å². The lowest BCUT2D eigenvalue weighted by Crippen LogP contribution is -2.43. The van der Waals surface area contributed by atoms with Gasteiger partial charge in [-0.05, 0) is 37.0 Å². The number of amides is 1. The number of hydrogen-bond acceptors (Lipinski definition) is 10. The predicted octanol–water partition coefficient (Wildman–Crippen LogP) is 8.09. The van der Waals surface area contributed by atoms with Crippen LogP contribution in [0.15, 0.2) is 24.3 Å². The Hall–Kier alpha value is -2.34. The van der Waals surface area contributed by atoms with Crippen LogP contribution in [0.4, 0.5) is 0 Å². The lowest BCUT2D eigenvalue weighted by Gasteiger charge is -2.19. The van der Waals surface area contributed by atoms with E-state index in [0.29, 0.717) is 57.1 Å². The SMILES string of the molecule is CCCCCCCCCCCC(=O)OC[C@H](CSC[C@@H](N)C(=O)NCCc1ccc(OCCOCCO)cc1)OC(=O)CCCCCCCCCCC. The van der Waals surface area contributed by atoms with Crippen LogP contribution >= 0.6 is 11.8 Å². The predicted molar refractivity (Wildman–Crippen MR) is 216 cm³/mol. The lowest BCUT2D eigenvalue weighted by molar-refractivity contribution is -0.157. The van der Waals surface area contributed by atoms with Gasteiger partial charge in [0.05, 0.1) is 25.9 Å². The van der Waals surface area contributed by atoms with Crippen molar-refractivity contribution in [2.24, 2.45) is 5.73 Å². The van der Waals surface area contributed by atoms with E-state index in [-0.39, 0.29) is 31.1 Å². The number of nitrogens with one attached hydrogen (secondary N) is 1. The van der Waals surface area contributed by atoms with Gasteiger partial charge in [-0.25, -0.2) is 0 Å². The number of esters is 2. The Balaban J connectivity index is 2.42. The van der Waals surface area contributed by atoms with Crippen LogP contribution in [0, 0.1) is 0 Å². The number of carbonyl (C=O) groups is 3. The van der Waals surface area contributed by atoms with E-state index in [9.17, 15) is 14.4 Å². The fourth-order valence-electron chi connectivity index (χ4n) is 5.78. The standard InChI is InChI=1S/C42H74N2O8S/c1-3-5-7-9-11-13-15-17-19-21-40(46)51-33-38(52-41(47)22-20-18-16-14-12-10-8-6-4-2)34-53-35-39(43)42(48)44-28-27-36-23-25-37(26-24-36)50-32-31-49-30-29-45/h23-26,38-39,45H,3-22,27-35,43H2,1-2H3,(H,44,48)/t38-,39-/m1/s1. The molecule has 0 radical (unpaired) electrons. The number of nitrogens with two attached hydrogens (primary N) is 1. The van der Waals surface area contributed by atoms with Crippen LogP contribution < -0.4 is 15.8 Å². The minimum atomic E-state index is -0.726. The van der Waals surface area contributed by atoms with Gasteiger partial charge in [0, 0.05) is 30.9 Å². The Bertz CT molecular complexity index is 1030. The number of unbranched alkanes of at least 4 members (excludes halogenated alkanes) is 16. The van der Waals surface area contributed by atoms with Crippen LogP contribution in [0.3, 0.4) is 0 Å². The zero-order valence-electron chi connectivity index (χ0n) is 33.3. The summed E-state index contributed by atoms with van der Waals surface area (Å²) in [6, 6.07) is 6.93. The van der Waals surface area contributed by atoms with E-state index in [1.807, 2.05) is 24.3 Å². The monoisotopic (exact) mass is 767 g/mol. The van der Waals surface area contributed by atoms with Gasteiger partial charge < -0.3 is 35.1 Å². The number of thioether (sulfide) groups is 1. The average molecular weight is 767 g/mol. The van der Waals surface area contributed by atoms with Crippen molar-refractivity contribution in [3.8, 4) is 5.75 Å². The summed E-state index contributed by atoms with van der Waals surface area (Å²) in [5.74, 6) is 0.676. The molecule has 53 heavy (non-hydrogen) atoms. The first-order chi connectivity index (χ1) is 25.9. The van der Waals surface area contributed by atoms with Gasteiger partial charge in [-0.3, -0.25) is 14.4 Å². The van der Waals surface area contributed by atoms with E-state index < -0.39 is 12.1 Å². The molecule has 10 nitrogen and oxygen atoms in total. The molecule has 0 aromatic heterocycles. The minimum Gasteiger partial charge on any atom is -0.491 e. The largest absolute Gasteiger partial charge is 0.491 e. The molecule has 1 amide bonds. The Morgan fingerprint density at radius 2 is 1.26 bits per heavy atom. The zero-order chi connectivity index (χ0) is 38.6. The third kappa shape index (κ3) is 29.7. The first kappa shape index (κ1) is 48.7. The van der Waals surface area contributed by atoms with Gasteiger partial charge in [0.25, 0.3) is 0 Å². The summed E-state index contributed by atoms with van der Waals surface area (Å²) in [6.45, 7) is 6.00. The highest BCUT2D eigenvalue weighted by molar-refractivity contribution is 7.99. The molecule has 0 unspecified atom stereocenters. The lowest BCUT2D eigenvalue weighted by atomic mass is 10.1. The van der Waals surface area contributed by atoms with Gasteiger partial charge in [-0.2, -0.15) is 11.8 Å². The van der Waals surface area contributed by atoms with Crippen LogP contribution in [-0.4, -0.2) is 86.2 Å². The Morgan fingerprint density at radius 1 is 0.717 bits per heavy atom. The van der Waals surface area contributed by atoms with Crippen LogP contribution in [0.2, 0.25) is 0 Å². The number of carbonyl (C=O) groups excluding carboxylic acids is 3. The van der Waals surface area contributed by atoms with Gasteiger partial charge >= 0.3 is 11.9 Å². The van der Waals surface area contributed by atoms with Crippen molar-refractivity contribution >= 4 is 29.6 Å². The van der Waals surface area contributed by atoms with Crippen LogP contribution in [0.1, 0.15) is 148 Å². The highest BCUT2D eigenvalue weighted by atomic mass is 32.2. The van der Waals surface area contributed by atoms with Crippen LogP contribution in [-0.2, 0) is 35.0 Å². The van der Waals surface area contributed by atoms with Crippen molar-refractivity contribution in [2.45, 2.75) is 161 Å². The van der Waals surface area contributed by atoms with Gasteiger partial charge in [-0.1, -0.05) is 129 Å². The van der Waals surface area contributed by atoms with E-state index in [1.54, 1.807) is 0 Å². The van der Waals surface area contributed by atoms with Gasteiger partial charge in [0.1, 0.15) is 25.1 Å². The summed E-state index contributed by atoms with van der Waals surface area (Å²) in [6.07, 6.45) is 21.9. The van der Waals surface area contributed by atoms with Gasteiger partial charge in [0.15, 0.2) is 0 Å². The van der Waals surface area contributed by atoms with Crippen molar-refractivity contribution < 1.29 is 38.4 Å². The molecule has 2 atom stereocenters. The van der Waals surface area contributed by atoms with E-state index in [4.69, 9.17) is 29.8 Å². The molecule has 0 spiro atoms. The van der Waals surface area contributed by atoms with Crippen molar-refractivity contribution in [3.05, 3.63) is 29.8 Å². The summed E-state index contributed by atoms with van der Waals surface area (Å²) in [7, 11) is 0. The van der Waals surface area contributed by atoms with E-state index in [2.05, 4.69) is 19.2 Å². The molecule has 0 aliphatic heterocycles. The zero-order valence-corrected chi connectivity index (χ0v) is 34.1. The molecular weight excluding hydrogens is 693 g/mol. The van der Waals surface area contributed by atoms with Gasteiger partial charge in [-0.15, -0.1) is 0 Å². The first-order valence-corrected chi connectivity index (χ1v) is 21.9. The summed E-state index contributed by atoms with van der Waals surface area (Å²) >= 11 is 1.42. The number of aliphatic hydroxyl groups is 1. The molecule has 0 bridgehead atoms. The minimum absolute atomic E-state index is 0.00944. The van der Waals surface area contributed by atoms with Crippen LogP contribution in [0.25, 0.3) is 0 Å². The molecule has 4 N–H and O–H groups in total. The quantitative estimate of drug-likeness (QED) is 0.0449. The number of benzene rings is 1. The van der Waals surface area contributed by atoms with E-state index >= 15 is 0 Å². The van der Waals surface area contributed by atoms with Crippen molar-refractivity contribution in [1.29, 1.82) is 0 Å². The third-order valence-corrected chi connectivity index (χ3v) is 10.2. The Morgan fingerprint density at radius 3 is 1.83 bits per heavy atom. The molecule has 0 saturated carbocycles. The second-order valence-electron chi connectivity index (χ2n) is 14.0. The van der Waals surface area contributed by atoms with Crippen molar-refractivity contribution in [1.82, 2.24) is 5.32 Å². The Labute approximate surface area is 325 Å². The second kappa shape index (κ2) is 35.4. The van der Waals surface area contributed by atoms with Crippen molar-refractivity contribution in [2.75, 3.05) is 51.1 Å². The fraction of sp³-hybridized carbons (Fsp3) is 0.786. The number of aliphatic hydroxyl groups excluding tert-OH is 1. The topological polar surface area (TPSA) is 146 Å². The first-order valence-electron chi connectivity index (χ1n) is 20.8. The number of hydrogen-bond donors (Lipinski definition) is 3. The molecule has 0 heterocycles. The van der Waals surface area contributed by atoms with Crippen LogP contribution in [0.5, 0.6) is 5.75 Å². The molecule has 0 aliphatic rings. The van der Waals surface area contributed by atoms with E-state index in [1.165, 1.54) is 88.8 Å². The molecule has 1 aromatic rings. The summed E-state index contributed by atoms with van der Waals surface area (Å²) in [4.78, 5) is 37.9. The number of rotatable bonds is 37. The summed E-state index contributed by atoms with van der Waals surface area (Å²) < 4.78 is 22.1. The molecule has 0 fully saturated rings. The van der Waals surface area contributed by atoms with Crippen molar-refractivity contribution in [3.63, 3.8) is 0 Å². The molecule has 306 valence electrons. The smallest absolute Gasteiger partial charge is 0.306 e. The second-order valence-corrected chi connectivity index (χ2v) is 15.0. The summed E-state index contributed by atoms with van der Waals surface area (Å²) in [5, 5.41) is 11.7. The maximum atomic E-state index is 12.7. The molecule has 1 rings (SSSR count).